The van der Waals surface area contributed by atoms with Crippen LogP contribution in [0.25, 0.3) is 0 Å². The van der Waals surface area contributed by atoms with Crippen LogP contribution in [0, 0.1) is 10.1 Å². The maximum Gasteiger partial charge on any atom is 0.269 e. The van der Waals surface area contributed by atoms with E-state index in [1.54, 1.807) is 19.0 Å². The molecule has 1 atom stereocenters. The van der Waals surface area contributed by atoms with E-state index in [1.807, 2.05) is 0 Å². The largest absolute Gasteiger partial charge is 0.396 e. The highest BCUT2D eigenvalue weighted by atomic mass is 16.6. The lowest BCUT2D eigenvalue weighted by Gasteiger charge is -2.34. The molecule has 0 aliphatic carbocycles. The van der Waals surface area contributed by atoms with Crippen molar-refractivity contribution in [2.75, 3.05) is 20.7 Å². The number of nitro benzene ring substituents is 1. The zero-order valence-corrected chi connectivity index (χ0v) is 9.83. The molecule has 0 amide bonds. The van der Waals surface area contributed by atoms with Gasteiger partial charge in [-0.25, -0.2) is 0 Å². The van der Waals surface area contributed by atoms with Gasteiger partial charge in [0.15, 0.2) is 0 Å². The molecule has 1 unspecified atom stereocenters. The predicted molar refractivity (Wildman–Crippen MR) is 62.4 cm³/mol. The Bertz CT molecular complexity index is 391. The van der Waals surface area contributed by atoms with Crippen LogP contribution >= 0.6 is 0 Å². The van der Waals surface area contributed by atoms with Gasteiger partial charge < -0.3 is 10.2 Å². The Morgan fingerprint density at radius 1 is 1.35 bits per heavy atom. The van der Waals surface area contributed by atoms with Crippen LogP contribution in [0.5, 0.6) is 0 Å². The molecule has 1 aromatic rings. The lowest BCUT2D eigenvalue weighted by atomic mass is 9.98. The lowest BCUT2D eigenvalue weighted by Crippen LogP contribution is -2.42. The third-order valence-electron chi connectivity index (χ3n) is 2.74. The number of aliphatic hydroxyl groups excluding tert-OH is 1. The van der Waals surface area contributed by atoms with Crippen molar-refractivity contribution in [3.63, 3.8) is 0 Å². The van der Waals surface area contributed by atoms with Crippen molar-refractivity contribution in [2.45, 2.75) is 12.1 Å². The Morgan fingerprint density at radius 3 is 2.24 bits per heavy atom. The van der Waals surface area contributed by atoms with Crippen molar-refractivity contribution in [1.29, 1.82) is 0 Å². The van der Waals surface area contributed by atoms with Gasteiger partial charge in [-0.15, -0.1) is 0 Å². The van der Waals surface area contributed by atoms with Crippen molar-refractivity contribution < 1.29 is 15.1 Å². The Hall–Kier alpha value is -1.50. The third-order valence-corrected chi connectivity index (χ3v) is 2.74. The molecule has 0 bridgehead atoms. The van der Waals surface area contributed by atoms with Gasteiger partial charge in [-0.1, -0.05) is 0 Å². The average molecular weight is 240 g/mol. The summed E-state index contributed by atoms with van der Waals surface area (Å²) in [5.41, 5.74) is -0.829. The van der Waals surface area contributed by atoms with Crippen molar-refractivity contribution in [1.82, 2.24) is 4.90 Å². The van der Waals surface area contributed by atoms with Crippen LogP contribution in [0.15, 0.2) is 24.3 Å². The first-order valence-electron chi connectivity index (χ1n) is 5.17. The Kier molecular flexibility index (Phi) is 4.17. The molecular formula is C11H16N2O4. The summed E-state index contributed by atoms with van der Waals surface area (Å²) < 4.78 is 0. The molecule has 94 valence electrons. The van der Waals surface area contributed by atoms with Crippen LogP contribution in [0.2, 0.25) is 0 Å². The minimum atomic E-state index is -1.32. The second-order valence-electron chi connectivity index (χ2n) is 3.99. The first-order chi connectivity index (χ1) is 7.91. The number of hydrogen-bond acceptors (Lipinski definition) is 5. The molecule has 6 nitrogen and oxygen atoms in total. The zero-order valence-electron chi connectivity index (χ0n) is 9.83. The van der Waals surface area contributed by atoms with Crippen LogP contribution in [0.3, 0.4) is 0 Å². The average Bonchev–Trinajstić information content (AvgIpc) is 2.29. The van der Waals surface area contributed by atoms with Gasteiger partial charge in [0.1, 0.15) is 5.72 Å². The van der Waals surface area contributed by atoms with Gasteiger partial charge in [-0.2, -0.15) is 0 Å². The van der Waals surface area contributed by atoms with Crippen LogP contribution < -0.4 is 0 Å². The molecule has 6 heteroatoms. The molecule has 0 aliphatic heterocycles. The van der Waals surface area contributed by atoms with Crippen molar-refractivity contribution in [3.8, 4) is 0 Å². The van der Waals surface area contributed by atoms with E-state index in [0.717, 1.165) is 0 Å². The van der Waals surface area contributed by atoms with Gasteiger partial charge in [-0.3, -0.25) is 15.0 Å². The summed E-state index contributed by atoms with van der Waals surface area (Å²) in [4.78, 5) is 11.6. The fourth-order valence-corrected chi connectivity index (χ4v) is 1.63. The highest BCUT2D eigenvalue weighted by molar-refractivity contribution is 5.35. The first-order valence-corrected chi connectivity index (χ1v) is 5.17. The van der Waals surface area contributed by atoms with Gasteiger partial charge in [0.2, 0.25) is 0 Å². The highest BCUT2D eigenvalue weighted by Crippen LogP contribution is 2.28. The molecule has 0 aromatic heterocycles. The Balaban J connectivity index is 3.08. The zero-order chi connectivity index (χ0) is 13.1. The van der Waals surface area contributed by atoms with Gasteiger partial charge >= 0.3 is 0 Å². The molecule has 2 N–H and O–H groups in total. The Labute approximate surface area is 99.3 Å². The quantitative estimate of drug-likeness (QED) is 0.449. The first kappa shape index (κ1) is 13.6. The summed E-state index contributed by atoms with van der Waals surface area (Å²) in [7, 11) is 3.36. The molecular weight excluding hydrogens is 224 g/mol. The van der Waals surface area contributed by atoms with Crippen molar-refractivity contribution in [3.05, 3.63) is 39.9 Å². The van der Waals surface area contributed by atoms with Crippen LogP contribution in [0.4, 0.5) is 5.69 Å². The number of nitro groups is 1. The number of benzene rings is 1. The predicted octanol–water partition coefficient (Wildman–Crippen LogP) is 0.684. The molecule has 1 aromatic carbocycles. The minimum Gasteiger partial charge on any atom is -0.396 e. The minimum absolute atomic E-state index is 0.0288. The number of aliphatic hydroxyl groups is 2. The van der Waals surface area contributed by atoms with Gasteiger partial charge in [-0.05, 0) is 31.8 Å². The van der Waals surface area contributed by atoms with E-state index in [-0.39, 0.29) is 18.7 Å². The topological polar surface area (TPSA) is 86.8 Å². The van der Waals surface area contributed by atoms with E-state index >= 15 is 0 Å². The fourth-order valence-electron chi connectivity index (χ4n) is 1.63. The SMILES string of the molecule is CN(C)C(O)(CCO)c1ccc([N+](=O)[O-])cc1. The number of hydrogen-bond donors (Lipinski definition) is 2. The molecule has 0 radical (unpaired) electrons. The molecule has 1 rings (SSSR count). The summed E-state index contributed by atoms with van der Waals surface area (Å²) in [6, 6.07) is 5.66. The van der Waals surface area contributed by atoms with E-state index in [9.17, 15) is 15.2 Å². The van der Waals surface area contributed by atoms with E-state index < -0.39 is 10.6 Å². The molecule has 0 saturated carbocycles. The molecule has 0 saturated heterocycles. The van der Waals surface area contributed by atoms with Crippen LogP contribution in [-0.2, 0) is 5.72 Å². The standard InChI is InChI=1S/C11H16N2O4/c1-12(2)11(15,7-8-14)9-3-5-10(6-4-9)13(16)17/h3-6,14-15H,7-8H2,1-2H3. The van der Waals surface area contributed by atoms with E-state index in [1.165, 1.54) is 24.3 Å². The highest BCUT2D eigenvalue weighted by Gasteiger charge is 2.31. The van der Waals surface area contributed by atoms with Crippen LogP contribution in [-0.4, -0.2) is 40.7 Å². The second-order valence-corrected chi connectivity index (χ2v) is 3.99. The normalized spacial score (nSPS) is 14.6. The molecule has 0 fully saturated rings. The monoisotopic (exact) mass is 240 g/mol. The summed E-state index contributed by atoms with van der Waals surface area (Å²) >= 11 is 0. The van der Waals surface area contributed by atoms with E-state index in [2.05, 4.69) is 0 Å². The fraction of sp³-hybridized carbons (Fsp3) is 0.455. The van der Waals surface area contributed by atoms with Gasteiger partial charge in [0.25, 0.3) is 5.69 Å². The molecule has 0 heterocycles. The smallest absolute Gasteiger partial charge is 0.269 e. The molecule has 0 aliphatic rings. The second kappa shape index (κ2) is 5.22. The van der Waals surface area contributed by atoms with E-state index in [4.69, 9.17) is 5.11 Å². The van der Waals surface area contributed by atoms with Crippen molar-refractivity contribution >= 4 is 5.69 Å². The maximum absolute atomic E-state index is 10.5. The number of nitrogens with zero attached hydrogens (tertiary/aromatic N) is 2. The van der Waals surface area contributed by atoms with Gasteiger partial charge in [0, 0.05) is 25.2 Å². The summed E-state index contributed by atoms with van der Waals surface area (Å²) in [5, 5.41) is 29.9. The van der Waals surface area contributed by atoms with Crippen molar-refractivity contribution in [2.24, 2.45) is 0 Å². The molecule has 0 spiro atoms. The Morgan fingerprint density at radius 2 is 1.88 bits per heavy atom. The van der Waals surface area contributed by atoms with E-state index in [0.29, 0.717) is 5.56 Å². The van der Waals surface area contributed by atoms with Gasteiger partial charge in [0.05, 0.1) is 4.92 Å². The lowest BCUT2D eigenvalue weighted by molar-refractivity contribution is -0.384. The summed E-state index contributed by atoms with van der Waals surface area (Å²) in [6.45, 7) is -0.175. The summed E-state index contributed by atoms with van der Waals surface area (Å²) in [6.07, 6.45) is 0.137. The molecule has 17 heavy (non-hydrogen) atoms. The number of rotatable bonds is 5. The number of non-ortho nitro benzene ring substituents is 1. The summed E-state index contributed by atoms with van der Waals surface area (Å²) in [5.74, 6) is 0. The van der Waals surface area contributed by atoms with Crippen LogP contribution in [0.1, 0.15) is 12.0 Å². The maximum atomic E-state index is 10.5. The third kappa shape index (κ3) is 2.79.